The number of nitrogens with zero attached hydrogens (tertiary/aromatic N) is 1. The highest BCUT2D eigenvalue weighted by molar-refractivity contribution is 5.53. The molecule has 4 atom stereocenters. The first-order chi connectivity index (χ1) is 10.2. The minimum absolute atomic E-state index is 0.280. The van der Waals surface area contributed by atoms with E-state index in [1.807, 2.05) is 0 Å². The lowest BCUT2D eigenvalue weighted by atomic mass is 9.88. The van der Waals surface area contributed by atoms with E-state index in [1.54, 1.807) is 0 Å². The Bertz CT molecular complexity index is 470. The van der Waals surface area contributed by atoms with Gasteiger partial charge in [-0.2, -0.15) is 0 Å². The second-order valence-electron chi connectivity index (χ2n) is 7.32. The van der Waals surface area contributed by atoms with E-state index in [2.05, 4.69) is 43.1 Å². The predicted molar refractivity (Wildman–Crippen MR) is 90.6 cm³/mol. The van der Waals surface area contributed by atoms with Gasteiger partial charge in [-0.3, -0.25) is 0 Å². The number of para-hydroxylation sites is 1. The third kappa shape index (κ3) is 3.26. The van der Waals surface area contributed by atoms with Gasteiger partial charge in [-0.05, 0) is 61.5 Å². The van der Waals surface area contributed by atoms with Crippen LogP contribution in [0.1, 0.15) is 44.6 Å². The molecule has 2 aliphatic carbocycles. The molecule has 21 heavy (non-hydrogen) atoms. The quantitative estimate of drug-likeness (QED) is 0.861. The van der Waals surface area contributed by atoms with Crippen molar-refractivity contribution >= 4 is 5.69 Å². The fourth-order valence-corrected chi connectivity index (χ4v) is 4.53. The molecule has 0 amide bonds. The molecule has 2 bridgehead atoms. The number of rotatable bonds is 6. The molecule has 116 valence electrons. The average molecular weight is 286 g/mol. The Hall–Kier alpha value is -1.02. The van der Waals surface area contributed by atoms with Gasteiger partial charge in [-0.15, -0.1) is 0 Å². The number of hydrogen-bond donors (Lipinski definition) is 1. The first-order valence-corrected chi connectivity index (χ1v) is 8.72. The van der Waals surface area contributed by atoms with Crippen LogP contribution in [0.3, 0.4) is 0 Å². The van der Waals surface area contributed by atoms with Gasteiger partial charge in [0.25, 0.3) is 0 Å². The molecule has 4 unspecified atom stereocenters. The number of benzene rings is 1. The molecule has 0 radical (unpaired) electrons. The van der Waals surface area contributed by atoms with Crippen molar-refractivity contribution < 1.29 is 0 Å². The highest BCUT2D eigenvalue weighted by atomic mass is 15.1. The summed E-state index contributed by atoms with van der Waals surface area (Å²) in [7, 11) is 2.27. The van der Waals surface area contributed by atoms with Crippen molar-refractivity contribution in [2.45, 2.75) is 51.5 Å². The van der Waals surface area contributed by atoms with E-state index in [9.17, 15) is 0 Å². The zero-order valence-corrected chi connectivity index (χ0v) is 13.6. The summed E-state index contributed by atoms with van der Waals surface area (Å²) in [6.07, 6.45) is 7.98. The van der Waals surface area contributed by atoms with E-state index in [0.29, 0.717) is 0 Å². The van der Waals surface area contributed by atoms with Crippen molar-refractivity contribution in [3.8, 4) is 0 Å². The molecule has 1 aromatic carbocycles. The van der Waals surface area contributed by atoms with Crippen LogP contribution in [0.5, 0.6) is 0 Å². The Balaban J connectivity index is 1.67. The lowest BCUT2D eigenvalue weighted by molar-refractivity contribution is 0.337. The Kier molecular flexibility index (Phi) is 4.54. The standard InChI is InChI=1S/C19H30N2/c1-3-18(20)12-16-6-4-5-7-19(16)21(2)13-17-11-14-8-9-15(17)10-14/h4-7,14-15,17-18H,3,8-13,20H2,1-2H3. The van der Waals surface area contributed by atoms with E-state index in [4.69, 9.17) is 5.73 Å². The molecule has 0 aliphatic heterocycles. The maximum absolute atomic E-state index is 6.17. The monoisotopic (exact) mass is 286 g/mol. The van der Waals surface area contributed by atoms with Gasteiger partial charge in [0, 0.05) is 25.3 Å². The maximum atomic E-state index is 6.17. The topological polar surface area (TPSA) is 29.3 Å². The zero-order chi connectivity index (χ0) is 14.8. The highest BCUT2D eigenvalue weighted by Gasteiger charge is 2.39. The van der Waals surface area contributed by atoms with Gasteiger partial charge in [0.15, 0.2) is 0 Å². The van der Waals surface area contributed by atoms with Crippen LogP contribution in [0.25, 0.3) is 0 Å². The van der Waals surface area contributed by atoms with E-state index in [1.165, 1.54) is 43.5 Å². The molecular formula is C19H30N2. The smallest absolute Gasteiger partial charge is 0.0396 e. The van der Waals surface area contributed by atoms with Crippen LogP contribution < -0.4 is 10.6 Å². The number of fused-ring (bicyclic) bond motifs is 2. The van der Waals surface area contributed by atoms with Gasteiger partial charge in [0.05, 0.1) is 0 Å². The summed E-state index contributed by atoms with van der Waals surface area (Å²) in [5.74, 6) is 2.96. The minimum atomic E-state index is 0.280. The van der Waals surface area contributed by atoms with Crippen molar-refractivity contribution in [1.82, 2.24) is 0 Å². The van der Waals surface area contributed by atoms with Crippen LogP contribution in [0, 0.1) is 17.8 Å². The third-order valence-corrected chi connectivity index (χ3v) is 5.80. The molecule has 2 heteroatoms. The molecule has 1 aromatic rings. The van der Waals surface area contributed by atoms with Gasteiger partial charge in [0.1, 0.15) is 0 Å². The molecule has 2 saturated carbocycles. The SMILES string of the molecule is CCC(N)Cc1ccccc1N(C)CC1CC2CCC1C2. The predicted octanol–water partition coefficient (Wildman–Crippen LogP) is 3.84. The second kappa shape index (κ2) is 6.39. The van der Waals surface area contributed by atoms with Crippen LogP contribution in [0.2, 0.25) is 0 Å². The highest BCUT2D eigenvalue weighted by Crippen LogP contribution is 2.48. The Morgan fingerprint density at radius 2 is 2.05 bits per heavy atom. The lowest BCUT2D eigenvalue weighted by Gasteiger charge is -2.30. The van der Waals surface area contributed by atoms with Crippen molar-refractivity contribution in [2.75, 3.05) is 18.5 Å². The van der Waals surface area contributed by atoms with Crippen LogP contribution >= 0.6 is 0 Å². The average Bonchev–Trinajstić information content (AvgIpc) is 3.10. The van der Waals surface area contributed by atoms with Crippen molar-refractivity contribution in [2.24, 2.45) is 23.5 Å². The fourth-order valence-electron chi connectivity index (χ4n) is 4.53. The zero-order valence-electron chi connectivity index (χ0n) is 13.6. The Morgan fingerprint density at radius 3 is 2.71 bits per heavy atom. The van der Waals surface area contributed by atoms with Gasteiger partial charge in [-0.25, -0.2) is 0 Å². The summed E-state index contributed by atoms with van der Waals surface area (Å²) < 4.78 is 0. The molecule has 2 N–H and O–H groups in total. The van der Waals surface area contributed by atoms with Gasteiger partial charge in [0.2, 0.25) is 0 Å². The van der Waals surface area contributed by atoms with Gasteiger partial charge < -0.3 is 10.6 Å². The Morgan fingerprint density at radius 1 is 1.24 bits per heavy atom. The first kappa shape index (κ1) is 14.9. The van der Waals surface area contributed by atoms with E-state index >= 15 is 0 Å². The molecule has 0 saturated heterocycles. The van der Waals surface area contributed by atoms with Crippen molar-refractivity contribution in [3.63, 3.8) is 0 Å². The summed E-state index contributed by atoms with van der Waals surface area (Å²) in [5, 5.41) is 0. The molecule has 3 rings (SSSR count). The van der Waals surface area contributed by atoms with Crippen LogP contribution in [0.4, 0.5) is 5.69 Å². The summed E-state index contributed by atoms with van der Waals surface area (Å²) in [4.78, 5) is 2.49. The second-order valence-corrected chi connectivity index (χ2v) is 7.32. The summed E-state index contributed by atoms with van der Waals surface area (Å²) >= 11 is 0. The first-order valence-electron chi connectivity index (χ1n) is 8.72. The maximum Gasteiger partial charge on any atom is 0.0396 e. The van der Waals surface area contributed by atoms with Crippen LogP contribution in [-0.2, 0) is 6.42 Å². The van der Waals surface area contributed by atoms with Gasteiger partial charge >= 0.3 is 0 Å². The fraction of sp³-hybridized carbons (Fsp3) is 0.684. The largest absolute Gasteiger partial charge is 0.374 e. The Labute approximate surface area is 129 Å². The van der Waals surface area contributed by atoms with Crippen LogP contribution in [0.15, 0.2) is 24.3 Å². The third-order valence-electron chi connectivity index (χ3n) is 5.80. The summed E-state index contributed by atoms with van der Waals surface area (Å²) in [6.45, 7) is 3.39. The van der Waals surface area contributed by atoms with E-state index < -0.39 is 0 Å². The van der Waals surface area contributed by atoms with Crippen molar-refractivity contribution in [1.29, 1.82) is 0 Å². The van der Waals surface area contributed by atoms with Crippen molar-refractivity contribution in [3.05, 3.63) is 29.8 Å². The number of anilines is 1. The lowest BCUT2D eigenvalue weighted by Crippen LogP contribution is -2.30. The number of nitrogens with two attached hydrogens (primary N) is 1. The molecule has 2 nitrogen and oxygen atoms in total. The van der Waals surface area contributed by atoms with E-state index in [-0.39, 0.29) is 6.04 Å². The molecular weight excluding hydrogens is 256 g/mol. The minimum Gasteiger partial charge on any atom is -0.374 e. The van der Waals surface area contributed by atoms with Crippen LogP contribution in [-0.4, -0.2) is 19.6 Å². The normalized spacial score (nSPS) is 28.8. The molecule has 0 spiro atoms. The number of hydrogen-bond acceptors (Lipinski definition) is 2. The van der Waals surface area contributed by atoms with E-state index in [0.717, 1.165) is 30.6 Å². The molecule has 0 heterocycles. The molecule has 2 fully saturated rings. The summed E-state index contributed by atoms with van der Waals surface area (Å²) in [5.41, 5.74) is 8.98. The molecule has 2 aliphatic rings. The molecule has 0 aromatic heterocycles. The summed E-state index contributed by atoms with van der Waals surface area (Å²) in [6, 6.07) is 9.11. The van der Waals surface area contributed by atoms with Gasteiger partial charge in [-0.1, -0.05) is 31.5 Å².